The zero-order valence-electron chi connectivity index (χ0n) is 21.1. The Balaban J connectivity index is 1.54. The third kappa shape index (κ3) is 5.71. The number of esters is 1. The number of halogens is 4. The molecule has 1 unspecified atom stereocenters. The van der Waals surface area contributed by atoms with E-state index in [1.807, 2.05) is 48.5 Å². The van der Waals surface area contributed by atoms with Crippen molar-refractivity contribution >= 4 is 78.4 Å². The number of benzene rings is 3. The lowest BCUT2D eigenvalue weighted by atomic mass is 9.96. The Labute approximate surface area is 260 Å². The standard InChI is InChI=1S/C29H20Br2Cl2N2O4S/c1-15-24(28(37)38-2)25(17-6-4-3-5-7-17)35-27(36)23(40-29(35)34-15)12-16-10-20(30)26(21(31)11-16)39-14-18-8-9-19(32)13-22(18)33/h3-13,25H,14H2,1-2H3. The average molecular weight is 723 g/mol. The predicted octanol–water partition coefficient (Wildman–Crippen LogP) is 6.82. The van der Waals surface area contributed by atoms with Crippen LogP contribution in [-0.2, 0) is 16.1 Å². The fourth-order valence-electron chi connectivity index (χ4n) is 4.38. The molecule has 1 aromatic heterocycles. The summed E-state index contributed by atoms with van der Waals surface area (Å²) < 4.78 is 14.5. The number of thiazole rings is 1. The first kappa shape index (κ1) is 28.8. The van der Waals surface area contributed by atoms with Crippen molar-refractivity contribution in [3.05, 3.63) is 127 Å². The van der Waals surface area contributed by atoms with Crippen LogP contribution in [0.3, 0.4) is 0 Å². The van der Waals surface area contributed by atoms with Crippen LogP contribution in [0.4, 0.5) is 0 Å². The van der Waals surface area contributed by atoms with Gasteiger partial charge in [0, 0.05) is 15.6 Å². The van der Waals surface area contributed by atoms with E-state index in [1.54, 1.807) is 29.7 Å². The van der Waals surface area contributed by atoms with Crippen LogP contribution >= 0.6 is 66.4 Å². The van der Waals surface area contributed by atoms with Gasteiger partial charge in [0.05, 0.1) is 37.9 Å². The molecule has 0 spiro atoms. The molecule has 0 aliphatic carbocycles. The van der Waals surface area contributed by atoms with Crippen molar-refractivity contribution in [1.29, 1.82) is 0 Å². The molecule has 40 heavy (non-hydrogen) atoms. The molecule has 4 aromatic rings. The van der Waals surface area contributed by atoms with Gasteiger partial charge < -0.3 is 9.47 Å². The number of ether oxygens (including phenoxy) is 2. The van der Waals surface area contributed by atoms with Crippen LogP contribution in [0.15, 0.2) is 90.7 Å². The van der Waals surface area contributed by atoms with Crippen LogP contribution in [0.2, 0.25) is 10.0 Å². The fraction of sp³-hybridized carbons (Fsp3) is 0.138. The number of aromatic nitrogens is 1. The first-order valence-electron chi connectivity index (χ1n) is 11.9. The molecule has 3 aromatic carbocycles. The number of hydrogen-bond donors (Lipinski definition) is 0. The van der Waals surface area contributed by atoms with Crippen LogP contribution in [-0.4, -0.2) is 17.6 Å². The van der Waals surface area contributed by atoms with E-state index >= 15 is 0 Å². The highest BCUT2D eigenvalue weighted by molar-refractivity contribution is 9.11. The second kappa shape index (κ2) is 12.0. The molecule has 0 fully saturated rings. The van der Waals surface area contributed by atoms with Crippen molar-refractivity contribution in [3.63, 3.8) is 0 Å². The maximum atomic E-state index is 13.8. The van der Waals surface area contributed by atoms with Crippen molar-refractivity contribution in [2.75, 3.05) is 7.11 Å². The van der Waals surface area contributed by atoms with Gasteiger partial charge in [-0.05, 0) is 80.3 Å². The Bertz CT molecular complexity index is 1830. The van der Waals surface area contributed by atoms with Gasteiger partial charge in [-0.1, -0.05) is 70.9 Å². The smallest absolute Gasteiger partial charge is 0.338 e. The van der Waals surface area contributed by atoms with E-state index < -0.39 is 12.0 Å². The summed E-state index contributed by atoms with van der Waals surface area (Å²) in [7, 11) is 1.32. The van der Waals surface area contributed by atoms with Crippen LogP contribution in [0.1, 0.15) is 29.7 Å². The molecule has 0 radical (unpaired) electrons. The summed E-state index contributed by atoms with van der Waals surface area (Å²) in [6.45, 7) is 2.00. The fourth-order valence-corrected chi connectivity index (χ4v) is 7.34. The summed E-state index contributed by atoms with van der Waals surface area (Å²) in [6, 6.07) is 17.7. The first-order chi connectivity index (χ1) is 19.2. The van der Waals surface area contributed by atoms with Crippen molar-refractivity contribution in [2.45, 2.75) is 19.6 Å². The van der Waals surface area contributed by atoms with Crippen molar-refractivity contribution in [1.82, 2.24) is 4.57 Å². The van der Waals surface area contributed by atoms with Gasteiger partial charge >= 0.3 is 5.97 Å². The molecular weight excluding hydrogens is 703 g/mol. The SMILES string of the molecule is COC(=O)C1=C(C)N=c2sc(=Cc3cc(Br)c(OCc4ccc(Cl)cc4Cl)c(Br)c3)c(=O)n2C1c1ccccc1. The van der Waals surface area contributed by atoms with E-state index in [1.165, 1.54) is 18.4 Å². The van der Waals surface area contributed by atoms with Crippen LogP contribution in [0.5, 0.6) is 5.75 Å². The number of carbonyl (C=O) groups excluding carboxylic acids is 1. The van der Waals surface area contributed by atoms with E-state index in [-0.39, 0.29) is 12.2 Å². The molecule has 204 valence electrons. The minimum absolute atomic E-state index is 0.243. The van der Waals surface area contributed by atoms with E-state index in [2.05, 4.69) is 36.9 Å². The van der Waals surface area contributed by atoms with E-state index in [0.29, 0.717) is 45.3 Å². The van der Waals surface area contributed by atoms with Crippen LogP contribution in [0.25, 0.3) is 6.08 Å². The summed E-state index contributed by atoms with van der Waals surface area (Å²) >= 11 is 20.7. The summed E-state index contributed by atoms with van der Waals surface area (Å²) in [5.41, 5.74) is 2.95. The number of rotatable bonds is 6. The molecule has 0 bridgehead atoms. The van der Waals surface area contributed by atoms with Gasteiger partial charge in [-0.25, -0.2) is 9.79 Å². The lowest BCUT2D eigenvalue weighted by Gasteiger charge is -2.24. The molecule has 0 N–H and O–H groups in total. The molecule has 1 atom stereocenters. The largest absolute Gasteiger partial charge is 0.486 e. The lowest BCUT2D eigenvalue weighted by Crippen LogP contribution is -2.39. The Hall–Kier alpha value is -2.69. The number of allylic oxidation sites excluding steroid dienone is 1. The quantitative estimate of drug-likeness (QED) is 0.205. The van der Waals surface area contributed by atoms with Crippen LogP contribution in [0, 0.1) is 0 Å². The summed E-state index contributed by atoms with van der Waals surface area (Å²) in [5, 5.41) is 1.07. The third-order valence-electron chi connectivity index (χ3n) is 6.25. The third-order valence-corrected chi connectivity index (χ3v) is 9.00. The average Bonchev–Trinajstić information content (AvgIpc) is 3.22. The van der Waals surface area contributed by atoms with E-state index in [4.69, 9.17) is 32.7 Å². The molecule has 1 aliphatic heterocycles. The maximum Gasteiger partial charge on any atom is 0.338 e. The molecule has 0 saturated carbocycles. The van der Waals surface area contributed by atoms with Gasteiger partial charge in [-0.15, -0.1) is 0 Å². The zero-order chi connectivity index (χ0) is 28.6. The van der Waals surface area contributed by atoms with E-state index in [9.17, 15) is 9.59 Å². The highest BCUT2D eigenvalue weighted by atomic mass is 79.9. The Morgan fingerprint density at radius 3 is 2.45 bits per heavy atom. The first-order valence-corrected chi connectivity index (χ1v) is 15.1. The summed E-state index contributed by atoms with van der Waals surface area (Å²) in [6.07, 6.45) is 1.79. The molecule has 6 nitrogen and oxygen atoms in total. The normalized spacial score (nSPS) is 15.1. The minimum Gasteiger partial charge on any atom is -0.486 e. The van der Waals surface area contributed by atoms with Crippen molar-refractivity contribution < 1.29 is 14.3 Å². The van der Waals surface area contributed by atoms with Crippen molar-refractivity contribution in [2.24, 2.45) is 4.99 Å². The highest BCUT2D eigenvalue weighted by Crippen LogP contribution is 2.36. The Kier molecular flexibility index (Phi) is 8.68. The van der Waals surface area contributed by atoms with Gasteiger partial charge in [0.2, 0.25) is 0 Å². The minimum atomic E-state index is -0.652. The Morgan fingerprint density at radius 2 is 1.80 bits per heavy atom. The summed E-state index contributed by atoms with van der Waals surface area (Å²) in [5.74, 6) is 0.0692. The van der Waals surface area contributed by atoms with Crippen molar-refractivity contribution in [3.8, 4) is 5.75 Å². The van der Waals surface area contributed by atoms with E-state index in [0.717, 1.165) is 16.7 Å². The molecule has 1 aliphatic rings. The molecule has 2 heterocycles. The number of carbonyl (C=O) groups is 1. The van der Waals surface area contributed by atoms with Gasteiger partial charge in [-0.2, -0.15) is 0 Å². The van der Waals surface area contributed by atoms with Gasteiger partial charge in [0.15, 0.2) is 4.80 Å². The number of hydrogen-bond acceptors (Lipinski definition) is 6. The predicted molar refractivity (Wildman–Crippen MR) is 165 cm³/mol. The second-order valence-electron chi connectivity index (χ2n) is 8.82. The molecule has 0 amide bonds. The molecule has 5 rings (SSSR count). The second-order valence-corrected chi connectivity index (χ2v) is 12.4. The molecule has 0 saturated heterocycles. The maximum absolute atomic E-state index is 13.8. The lowest BCUT2D eigenvalue weighted by molar-refractivity contribution is -0.136. The number of methoxy groups -OCH3 is 1. The van der Waals surface area contributed by atoms with Gasteiger partial charge in [0.1, 0.15) is 12.4 Å². The number of fused-ring (bicyclic) bond motifs is 1. The van der Waals surface area contributed by atoms with Gasteiger partial charge in [-0.3, -0.25) is 9.36 Å². The molecule has 11 heteroatoms. The summed E-state index contributed by atoms with van der Waals surface area (Å²) in [4.78, 5) is 31.6. The Morgan fingerprint density at radius 1 is 1.10 bits per heavy atom. The highest BCUT2D eigenvalue weighted by Gasteiger charge is 2.32. The monoisotopic (exact) mass is 720 g/mol. The van der Waals surface area contributed by atoms with Gasteiger partial charge in [0.25, 0.3) is 5.56 Å². The number of nitrogens with zero attached hydrogens (tertiary/aromatic N) is 2. The molecular formula is C29H20Br2Cl2N2O4S. The topological polar surface area (TPSA) is 69.9 Å². The van der Waals surface area contributed by atoms with Crippen LogP contribution < -0.4 is 19.6 Å². The zero-order valence-corrected chi connectivity index (χ0v) is 26.6.